The van der Waals surface area contributed by atoms with Gasteiger partial charge in [0.05, 0.1) is 6.34 Å². The molecule has 234 valence electrons. The zero-order chi connectivity index (χ0) is 31.2. The number of benzene rings is 2. The van der Waals surface area contributed by atoms with Gasteiger partial charge in [-0.15, -0.1) is 0 Å². The van der Waals surface area contributed by atoms with Crippen molar-refractivity contribution in [1.82, 2.24) is 15.1 Å². The van der Waals surface area contributed by atoms with Crippen molar-refractivity contribution in [1.29, 1.82) is 0 Å². The summed E-state index contributed by atoms with van der Waals surface area (Å²) in [6, 6.07) is 13.7. The Hall–Kier alpha value is -3.93. The van der Waals surface area contributed by atoms with Crippen molar-refractivity contribution >= 4 is 24.0 Å². The van der Waals surface area contributed by atoms with Crippen LogP contribution in [0.3, 0.4) is 0 Å². The molecule has 2 amide bonds. The minimum Gasteiger partial charge on any atom is -0.444 e. The van der Waals surface area contributed by atoms with Crippen LogP contribution in [0.5, 0.6) is 0 Å². The summed E-state index contributed by atoms with van der Waals surface area (Å²) in [5, 5.41) is 3.28. The third-order valence-corrected chi connectivity index (χ3v) is 7.24. The maximum Gasteiger partial charge on any atom is 0.404 e. The molecule has 8 nitrogen and oxygen atoms in total. The molecule has 0 radical (unpaired) electrons. The fourth-order valence-electron chi connectivity index (χ4n) is 5.24. The van der Waals surface area contributed by atoms with Crippen molar-refractivity contribution in [2.45, 2.75) is 57.0 Å². The number of hydrogen-bond donors (Lipinski definition) is 2. The lowest BCUT2D eigenvalue weighted by molar-refractivity contribution is -0.132. The molecule has 0 bridgehead atoms. The minimum absolute atomic E-state index is 0.0271. The van der Waals surface area contributed by atoms with E-state index >= 15 is 0 Å². The Kier molecular flexibility index (Phi) is 13.5. The van der Waals surface area contributed by atoms with E-state index in [0.717, 1.165) is 30.2 Å². The minimum atomic E-state index is -2.64. The van der Waals surface area contributed by atoms with Gasteiger partial charge in [-0.3, -0.25) is 9.79 Å². The Bertz CT molecular complexity index is 1200. The molecule has 1 heterocycles. The molecule has 0 unspecified atom stereocenters. The molecule has 1 aliphatic carbocycles. The van der Waals surface area contributed by atoms with Crippen LogP contribution < -0.4 is 11.1 Å². The molecule has 3 N–H and O–H groups in total. The molecule has 1 aliphatic heterocycles. The Labute approximate surface area is 249 Å². The van der Waals surface area contributed by atoms with E-state index in [2.05, 4.69) is 32.3 Å². The van der Waals surface area contributed by atoms with Gasteiger partial charge in [0.15, 0.2) is 6.61 Å². The Morgan fingerprint density at radius 2 is 1.79 bits per heavy atom. The second-order valence-corrected chi connectivity index (χ2v) is 10.4. The van der Waals surface area contributed by atoms with Gasteiger partial charge in [-0.25, -0.2) is 22.4 Å². The van der Waals surface area contributed by atoms with Crippen LogP contribution in [-0.4, -0.2) is 79.4 Å². The van der Waals surface area contributed by atoms with Gasteiger partial charge in [-0.1, -0.05) is 56.2 Å². The number of carbonyl (C=O) groups is 2. The van der Waals surface area contributed by atoms with Crippen LogP contribution in [0.25, 0.3) is 5.70 Å². The van der Waals surface area contributed by atoms with E-state index in [1.165, 1.54) is 31.4 Å². The monoisotopic (exact) mass is 605 g/mol. The van der Waals surface area contributed by atoms with E-state index in [4.69, 9.17) is 0 Å². The molecular weight excluding hydrogens is 566 g/mol. The lowest BCUT2D eigenvalue weighted by atomic mass is 9.93. The number of amides is 2. The average molecular weight is 606 g/mol. The molecule has 12 heteroatoms. The fraction of sp³-hybridized carbons (Fsp3) is 0.452. The predicted molar refractivity (Wildman–Crippen MR) is 158 cm³/mol. The number of piperazine rings is 1. The highest BCUT2D eigenvalue weighted by molar-refractivity contribution is 5.82. The molecule has 2 fully saturated rings. The number of primary amides is 1. The molecule has 4 rings (SSSR count). The SMILES string of the molecule is C=C(c1ccccc1)N(C=NCC(=O)N1CCNC[C@H]1Cc1cc(F)cc(F)c1)C1CCCCC1.NC(=O)OCC(F)F. The maximum atomic E-state index is 13.7. The molecule has 1 saturated carbocycles. The van der Waals surface area contributed by atoms with Crippen LogP contribution >= 0.6 is 0 Å². The van der Waals surface area contributed by atoms with Crippen LogP contribution in [-0.2, 0) is 16.0 Å². The summed E-state index contributed by atoms with van der Waals surface area (Å²) in [5.74, 6) is -1.29. The van der Waals surface area contributed by atoms with Crippen molar-refractivity contribution in [3.63, 3.8) is 0 Å². The van der Waals surface area contributed by atoms with Gasteiger partial charge in [0.1, 0.15) is 18.2 Å². The second kappa shape index (κ2) is 17.3. The fourth-order valence-corrected chi connectivity index (χ4v) is 5.24. The van der Waals surface area contributed by atoms with Crippen molar-refractivity contribution in [3.05, 3.63) is 77.9 Å². The number of ether oxygens (including phenoxy) is 1. The highest BCUT2D eigenvalue weighted by atomic mass is 19.3. The summed E-state index contributed by atoms with van der Waals surface area (Å²) in [6.45, 7) is 5.24. The number of hydrogen-bond acceptors (Lipinski definition) is 5. The number of carbonyl (C=O) groups excluding carboxylic acids is 2. The van der Waals surface area contributed by atoms with Gasteiger partial charge in [0.2, 0.25) is 5.91 Å². The van der Waals surface area contributed by atoms with Gasteiger partial charge in [0, 0.05) is 43.5 Å². The predicted octanol–water partition coefficient (Wildman–Crippen LogP) is 4.99. The number of halogens is 4. The zero-order valence-corrected chi connectivity index (χ0v) is 24.1. The quantitative estimate of drug-likeness (QED) is 0.226. The first-order valence-electron chi connectivity index (χ1n) is 14.3. The van der Waals surface area contributed by atoms with Crippen molar-refractivity contribution < 1.29 is 31.9 Å². The van der Waals surface area contributed by atoms with E-state index < -0.39 is 30.8 Å². The summed E-state index contributed by atoms with van der Waals surface area (Å²) in [6.07, 6.45) is 4.12. The van der Waals surface area contributed by atoms with Crippen molar-refractivity contribution in [2.24, 2.45) is 10.7 Å². The van der Waals surface area contributed by atoms with Gasteiger partial charge < -0.3 is 25.6 Å². The number of nitrogens with two attached hydrogens (primary N) is 1. The molecule has 0 spiro atoms. The molecule has 1 saturated heterocycles. The molecular formula is C31H39F4N5O3. The molecule has 1 atom stereocenters. The van der Waals surface area contributed by atoms with Crippen LogP contribution in [0.4, 0.5) is 22.4 Å². The number of alkyl halides is 2. The first-order chi connectivity index (χ1) is 20.6. The lowest BCUT2D eigenvalue weighted by Gasteiger charge is -2.36. The number of rotatable bonds is 10. The number of nitrogens with zero attached hydrogens (tertiary/aromatic N) is 3. The molecule has 2 aromatic rings. The van der Waals surface area contributed by atoms with Gasteiger partial charge in [-0.05, 0) is 42.5 Å². The maximum absolute atomic E-state index is 13.7. The van der Waals surface area contributed by atoms with Gasteiger partial charge in [-0.2, -0.15) is 0 Å². The second-order valence-electron chi connectivity index (χ2n) is 10.4. The standard InChI is InChI=1S/C28H34F2N4O.C3H5F2NO2/c1-21(23-8-4-2-5-9-23)34(26-10-6-3-7-11-26)20-32-19-28(35)33-13-12-31-18-27(33)16-22-14-24(29)17-25(30)15-22;4-2(5)1-8-3(6)7/h2,4-5,8-9,14-15,17,20,26-27,31H,1,3,6-7,10-13,16,18-19H2;2H,1H2,(H2,6,7)/t27-;/m1./s1. The van der Waals surface area contributed by atoms with Gasteiger partial charge in [0.25, 0.3) is 6.43 Å². The Morgan fingerprint density at radius 1 is 1.12 bits per heavy atom. The number of nitrogens with one attached hydrogen (secondary N) is 1. The number of aliphatic imine (C=N–C) groups is 1. The van der Waals surface area contributed by atoms with E-state index in [9.17, 15) is 27.2 Å². The summed E-state index contributed by atoms with van der Waals surface area (Å²) in [4.78, 5) is 31.2. The molecule has 2 aliphatic rings. The molecule has 2 aromatic carbocycles. The first-order valence-corrected chi connectivity index (χ1v) is 14.3. The van der Waals surface area contributed by atoms with Gasteiger partial charge >= 0.3 is 6.09 Å². The smallest absolute Gasteiger partial charge is 0.404 e. The van der Waals surface area contributed by atoms with Crippen LogP contribution in [0, 0.1) is 11.6 Å². The highest BCUT2D eigenvalue weighted by Crippen LogP contribution is 2.28. The zero-order valence-electron chi connectivity index (χ0n) is 24.1. The van der Waals surface area contributed by atoms with Crippen LogP contribution in [0.15, 0.2) is 60.1 Å². The van der Waals surface area contributed by atoms with Crippen LogP contribution in [0.2, 0.25) is 0 Å². The summed E-state index contributed by atoms with van der Waals surface area (Å²) in [5.41, 5.74) is 6.82. The van der Waals surface area contributed by atoms with Crippen molar-refractivity contribution in [3.8, 4) is 0 Å². The lowest BCUT2D eigenvalue weighted by Crippen LogP contribution is -2.55. The van der Waals surface area contributed by atoms with E-state index in [1.807, 2.05) is 30.3 Å². The van der Waals surface area contributed by atoms with E-state index in [1.54, 1.807) is 11.2 Å². The largest absolute Gasteiger partial charge is 0.444 e. The summed E-state index contributed by atoms with van der Waals surface area (Å²) in [7, 11) is 0. The summed E-state index contributed by atoms with van der Waals surface area (Å²) < 4.78 is 53.1. The van der Waals surface area contributed by atoms with E-state index in [-0.39, 0.29) is 18.5 Å². The van der Waals surface area contributed by atoms with Crippen molar-refractivity contribution in [2.75, 3.05) is 32.8 Å². The third-order valence-electron chi connectivity index (χ3n) is 7.24. The molecule has 43 heavy (non-hydrogen) atoms. The Balaban J connectivity index is 0.000000557. The molecule has 0 aromatic heterocycles. The summed E-state index contributed by atoms with van der Waals surface area (Å²) >= 11 is 0. The highest BCUT2D eigenvalue weighted by Gasteiger charge is 2.27. The van der Waals surface area contributed by atoms with Crippen LogP contribution in [0.1, 0.15) is 43.2 Å². The first kappa shape index (κ1) is 33.6. The topological polar surface area (TPSA) is 100 Å². The van der Waals surface area contributed by atoms with E-state index in [0.29, 0.717) is 37.7 Å². The normalized spacial score (nSPS) is 17.3. The Morgan fingerprint density at radius 3 is 2.40 bits per heavy atom. The third kappa shape index (κ3) is 11.3. The average Bonchev–Trinajstić information content (AvgIpc) is 2.99.